The number of nitrogens with two attached hydrogens (primary N) is 1. The van der Waals surface area contributed by atoms with E-state index in [0.29, 0.717) is 28.7 Å². The smallest absolute Gasteiger partial charge is 0.280 e. The zero-order chi connectivity index (χ0) is 24.9. The second-order valence-corrected chi connectivity index (χ2v) is 8.60. The first kappa shape index (κ1) is 22.5. The van der Waals surface area contributed by atoms with Crippen LogP contribution in [-0.4, -0.2) is 41.2 Å². The molecule has 5 aromatic rings. The number of nitrogens with zero attached hydrogens (tertiary/aromatic N) is 6. The maximum absolute atomic E-state index is 13.7. The third-order valence-electron chi connectivity index (χ3n) is 5.58. The molecule has 0 saturated carbocycles. The Kier molecular flexibility index (Phi) is 5.47. The Bertz CT molecular complexity index is 1620. The van der Waals surface area contributed by atoms with Crippen LogP contribution in [0.5, 0.6) is 0 Å². The summed E-state index contributed by atoms with van der Waals surface area (Å²) in [4.78, 5) is 33.9. The summed E-state index contributed by atoms with van der Waals surface area (Å²) < 4.78 is 30.6. The molecule has 13 heteroatoms. The van der Waals surface area contributed by atoms with Crippen LogP contribution in [0.3, 0.4) is 0 Å². The number of carbonyl (C=O) groups excluding carboxylic acids is 2. The quantitative estimate of drug-likeness (QED) is 0.367. The van der Waals surface area contributed by atoms with Crippen LogP contribution in [0.15, 0.2) is 36.9 Å². The van der Waals surface area contributed by atoms with E-state index in [1.54, 1.807) is 23.1 Å². The van der Waals surface area contributed by atoms with Gasteiger partial charge in [-0.05, 0) is 31.5 Å². The van der Waals surface area contributed by atoms with Gasteiger partial charge in [0.15, 0.2) is 5.65 Å². The highest BCUT2D eigenvalue weighted by molar-refractivity contribution is 7.21. The van der Waals surface area contributed by atoms with Crippen molar-refractivity contribution in [3.63, 3.8) is 0 Å². The van der Waals surface area contributed by atoms with Crippen LogP contribution in [-0.2, 0) is 6.54 Å². The molecule has 10 nitrogen and oxygen atoms in total. The lowest BCUT2D eigenvalue weighted by atomic mass is 10.0. The van der Waals surface area contributed by atoms with Crippen molar-refractivity contribution in [2.45, 2.75) is 26.8 Å². The average molecular weight is 497 g/mol. The van der Waals surface area contributed by atoms with Gasteiger partial charge < -0.3 is 11.1 Å². The molecule has 2 amide bonds. The number of amides is 2. The molecule has 0 aliphatic heterocycles. The fourth-order valence-corrected chi connectivity index (χ4v) is 4.95. The number of aryl methyl sites for hydroxylation is 1. The molecule has 0 atom stereocenters. The minimum absolute atomic E-state index is 0.0153. The molecule has 0 aromatic carbocycles. The summed E-state index contributed by atoms with van der Waals surface area (Å²) in [6.07, 6.45) is 3.22. The van der Waals surface area contributed by atoms with Gasteiger partial charge in [-0.15, -0.1) is 11.3 Å². The average Bonchev–Trinajstić information content (AvgIpc) is 3.53. The fraction of sp³-hybridized carbons (Fsp3) is 0.182. The normalized spacial score (nSPS) is 11.6. The zero-order valence-corrected chi connectivity index (χ0v) is 19.3. The minimum atomic E-state index is -2.85. The Balaban J connectivity index is 1.74. The highest BCUT2D eigenvalue weighted by Crippen LogP contribution is 2.43. The third kappa shape index (κ3) is 3.69. The van der Waals surface area contributed by atoms with Gasteiger partial charge in [-0.1, -0.05) is 0 Å². The van der Waals surface area contributed by atoms with Crippen LogP contribution in [0.25, 0.3) is 27.0 Å². The largest absolute Gasteiger partial charge is 0.365 e. The van der Waals surface area contributed by atoms with Gasteiger partial charge in [-0.25, -0.2) is 23.3 Å². The first-order chi connectivity index (χ1) is 16.8. The lowest BCUT2D eigenvalue weighted by Crippen LogP contribution is -2.17. The van der Waals surface area contributed by atoms with Gasteiger partial charge in [0.05, 0.1) is 18.1 Å². The number of thiophene rings is 1. The number of hydrogen-bond acceptors (Lipinski definition) is 7. The van der Waals surface area contributed by atoms with Crippen LogP contribution in [0.4, 0.5) is 14.5 Å². The molecule has 0 fully saturated rings. The summed E-state index contributed by atoms with van der Waals surface area (Å²) in [5, 5.41) is 11.5. The van der Waals surface area contributed by atoms with E-state index in [2.05, 4.69) is 25.5 Å². The number of anilines is 1. The number of aromatic nitrogens is 6. The predicted octanol–water partition coefficient (Wildman–Crippen LogP) is 3.82. The molecule has 0 radical (unpaired) electrons. The van der Waals surface area contributed by atoms with Gasteiger partial charge in [0.1, 0.15) is 21.0 Å². The van der Waals surface area contributed by atoms with Crippen molar-refractivity contribution in [3.8, 4) is 11.1 Å². The van der Waals surface area contributed by atoms with E-state index >= 15 is 0 Å². The lowest BCUT2D eigenvalue weighted by Gasteiger charge is -2.11. The van der Waals surface area contributed by atoms with Gasteiger partial charge >= 0.3 is 0 Å². The van der Waals surface area contributed by atoms with Gasteiger partial charge in [-0.2, -0.15) is 10.2 Å². The SMILES string of the molecule is CCn1ncc(-c2cc(C(F)F)nc3sc(C(N)=O)c(NC(=O)c4cnn5cccnc45)c23)c1C. The molecule has 0 saturated heterocycles. The van der Waals surface area contributed by atoms with Crippen molar-refractivity contribution in [2.24, 2.45) is 5.73 Å². The number of pyridine rings is 1. The Morgan fingerprint density at radius 1 is 1.23 bits per heavy atom. The number of halogens is 2. The monoisotopic (exact) mass is 496 g/mol. The van der Waals surface area contributed by atoms with Crippen molar-refractivity contribution < 1.29 is 18.4 Å². The summed E-state index contributed by atoms with van der Waals surface area (Å²) in [7, 11) is 0. The topological polar surface area (TPSA) is 133 Å². The number of fused-ring (bicyclic) bond motifs is 2. The van der Waals surface area contributed by atoms with Crippen molar-refractivity contribution in [1.82, 2.24) is 29.4 Å². The summed E-state index contributed by atoms with van der Waals surface area (Å²) in [5.74, 6) is -1.42. The van der Waals surface area contributed by atoms with Gasteiger partial charge in [0, 0.05) is 35.6 Å². The van der Waals surface area contributed by atoms with Gasteiger partial charge in [-0.3, -0.25) is 14.3 Å². The molecule has 178 valence electrons. The lowest BCUT2D eigenvalue weighted by molar-refractivity contribution is 0.100. The van der Waals surface area contributed by atoms with Crippen LogP contribution in [0, 0.1) is 6.92 Å². The molecular weight excluding hydrogens is 478 g/mol. The molecule has 0 spiro atoms. The molecule has 0 bridgehead atoms. The van der Waals surface area contributed by atoms with Crippen LogP contribution < -0.4 is 11.1 Å². The fourth-order valence-electron chi connectivity index (χ4n) is 3.93. The molecular formula is C22H18F2N8O2S. The maximum Gasteiger partial charge on any atom is 0.280 e. The van der Waals surface area contributed by atoms with Gasteiger partial charge in [0.2, 0.25) is 0 Å². The third-order valence-corrected chi connectivity index (χ3v) is 6.68. The Hall–Kier alpha value is -4.26. The van der Waals surface area contributed by atoms with E-state index in [0.717, 1.165) is 17.0 Å². The van der Waals surface area contributed by atoms with Crippen molar-refractivity contribution in [3.05, 3.63) is 58.7 Å². The van der Waals surface area contributed by atoms with E-state index in [1.165, 1.54) is 23.0 Å². The second kappa shape index (κ2) is 8.51. The van der Waals surface area contributed by atoms with Crippen molar-refractivity contribution in [2.75, 3.05) is 5.32 Å². The first-order valence-electron chi connectivity index (χ1n) is 10.5. The molecule has 35 heavy (non-hydrogen) atoms. The van der Waals surface area contributed by atoms with Crippen molar-refractivity contribution >= 4 is 44.7 Å². The van der Waals surface area contributed by atoms with E-state index in [9.17, 15) is 18.4 Å². The summed E-state index contributed by atoms with van der Waals surface area (Å²) in [6.45, 7) is 4.29. The number of nitrogens with one attached hydrogen (secondary N) is 1. The van der Waals surface area contributed by atoms with Crippen LogP contribution in [0.2, 0.25) is 0 Å². The minimum Gasteiger partial charge on any atom is -0.365 e. The summed E-state index contributed by atoms with van der Waals surface area (Å²) in [5.41, 5.74) is 7.37. The first-order valence-corrected chi connectivity index (χ1v) is 11.3. The Morgan fingerprint density at radius 3 is 2.71 bits per heavy atom. The van der Waals surface area contributed by atoms with Crippen LogP contribution in [0.1, 0.15) is 44.8 Å². The number of primary amides is 1. The van der Waals surface area contributed by atoms with E-state index < -0.39 is 23.9 Å². The molecule has 5 aromatic heterocycles. The van der Waals surface area contributed by atoms with Crippen LogP contribution >= 0.6 is 11.3 Å². The molecule has 0 aliphatic carbocycles. The van der Waals surface area contributed by atoms with E-state index in [1.807, 2.05) is 13.8 Å². The summed E-state index contributed by atoms with van der Waals surface area (Å²) in [6, 6.07) is 2.91. The number of carbonyl (C=O) groups is 2. The second-order valence-electron chi connectivity index (χ2n) is 7.61. The Morgan fingerprint density at radius 2 is 2.03 bits per heavy atom. The predicted molar refractivity (Wildman–Crippen MR) is 126 cm³/mol. The summed E-state index contributed by atoms with van der Waals surface area (Å²) >= 11 is 0.836. The van der Waals surface area contributed by atoms with E-state index in [-0.39, 0.29) is 21.0 Å². The zero-order valence-electron chi connectivity index (χ0n) is 18.5. The highest BCUT2D eigenvalue weighted by atomic mass is 32.1. The molecule has 0 unspecified atom stereocenters. The molecule has 5 heterocycles. The van der Waals surface area contributed by atoms with Gasteiger partial charge in [0.25, 0.3) is 18.2 Å². The molecule has 0 aliphatic rings. The molecule has 5 rings (SSSR count). The standard InChI is InChI=1S/C22H18F2N8O2S/c1-3-31-10(2)12(8-27-31)11-7-14(18(23)24)29-22-15(11)16(17(35-22)19(25)33)30-21(34)13-9-28-32-6-4-5-26-20(13)32/h4-9,18H,3H2,1-2H3,(H2,25,33)(H,30,34). The number of rotatable bonds is 6. The number of hydrogen-bond donors (Lipinski definition) is 2. The van der Waals surface area contributed by atoms with Crippen molar-refractivity contribution in [1.29, 1.82) is 0 Å². The highest BCUT2D eigenvalue weighted by Gasteiger charge is 2.27. The van der Waals surface area contributed by atoms with E-state index in [4.69, 9.17) is 5.73 Å². The number of alkyl halides is 2. The maximum atomic E-state index is 13.7. The molecule has 3 N–H and O–H groups in total. The Labute approximate surface area is 200 Å².